The van der Waals surface area contributed by atoms with Crippen LogP contribution in [-0.2, 0) is 9.59 Å². The largest absolute Gasteiger partial charge is 1.00 e. The number of carboxylic acid groups (broad SMARTS) is 2. The normalized spacial score (nSPS) is 11.2. The van der Waals surface area contributed by atoms with E-state index < -0.39 is 24.3 Å². The molecule has 0 aliphatic rings. The molecule has 0 aliphatic carbocycles. The van der Waals surface area contributed by atoms with Gasteiger partial charge in [0.25, 0.3) is 0 Å². The third-order valence-corrected chi connectivity index (χ3v) is 1.29. The maximum Gasteiger partial charge on any atom is 1.00 e. The summed E-state index contributed by atoms with van der Waals surface area (Å²) in [5, 5.41) is 20.3. The summed E-state index contributed by atoms with van der Waals surface area (Å²) in [7, 11) is 0. The number of rotatable bonds is 5. The molecular formula is C8H10Na2O4. The molecular weight excluding hydrogens is 206 g/mol. The number of carbonyl (C=O) groups excluding carboxylic acids is 2. The van der Waals surface area contributed by atoms with Crippen LogP contribution in [0.5, 0.6) is 0 Å². The zero-order valence-electron chi connectivity index (χ0n) is 8.78. The molecule has 1 atom stereocenters. The van der Waals surface area contributed by atoms with Gasteiger partial charge in [0, 0.05) is 17.9 Å². The van der Waals surface area contributed by atoms with Gasteiger partial charge in [0.2, 0.25) is 0 Å². The third-order valence-electron chi connectivity index (χ3n) is 1.29. The molecule has 0 radical (unpaired) electrons. The van der Waals surface area contributed by atoms with E-state index in [-0.39, 0.29) is 59.1 Å². The van der Waals surface area contributed by atoms with Crippen LogP contribution in [0.4, 0.5) is 0 Å². The monoisotopic (exact) mass is 216 g/mol. The van der Waals surface area contributed by atoms with E-state index >= 15 is 0 Å². The fraction of sp³-hybridized carbons (Fsp3) is 0.500. The fourth-order valence-electron chi connectivity index (χ4n) is 0.710. The summed E-state index contributed by atoms with van der Waals surface area (Å²) in [5.74, 6) is -3.84. The molecule has 0 aliphatic heterocycles. The molecule has 0 aromatic rings. The first-order valence-electron chi connectivity index (χ1n) is 3.65. The second-order valence-electron chi connectivity index (χ2n) is 2.34. The van der Waals surface area contributed by atoms with Gasteiger partial charge in [0.1, 0.15) is 0 Å². The zero-order chi connectivity index (χ0) is 9.56. The van der Waals surface area contributed by atoms with Gasteiger partial charge in [-0.1, -0.05) is 19.1 Å². The van der Waals surface area contributed by atoms with E-state index in [0.29, 0.717) is 6.42 Å². The van der Waals surface area contributed by atoms with Gasteiger partial charge in [-0.3, -0.25) is 0 Å². The molecule has 0 amide bonds. The number of hydrogen-bond acceptors (Lipinski definition) is 4. The minimum Gasteiger partial charge on any atom is -0.550 e. The van der Waals surface area contributed by atoms with Crippen molar-refractivity contribution in [2.24, 2.45) is 5.92 Å². The maximum absolute atomic E-state index is 10.3. The van der Waals surface area contributed by atoms with Gasteiger partial charge >= 0.3 is 59.1 Å². The van der Waals surface area contributed by atoms with E-state index in [4.69, 9.17) is 0 Å². The van der Waals surface area contributed by atoms with Crippen molar-refractivity contribution in [3.63, 3.8) is 0 Å². The molecule has 0 bridgehead atoms. The predicted molar refractivity (Wildman–Crippen MR) is 37.6 cm³/mol. The Morgan fingerprint density at radius 3 is 2.07 bits per heavy atom. The van der Waals surface area contributed by atoms with Crippen LogP contribution >= 0.6 is 0 Å². The second-order valence-corrected chi connectivity index (χ2v) is 2.34. The van der Waals surface area contributed by atoms with Gasteiger partial charge in [0.15, 0.2) is 0 Å². The van der Waals surface area contributed by atoms with Crippen molar-refractivity contribution >= 4 is 11.9 Å². The van der Waals surface area contributed by atoms with Crippen molar-refractivity contribution in [2.45, 2.75) is 19.8 Å². The van der Waals surface area contributed by atoms with Gasteiger partial charge in [-0.25, -0.2) is 0 Å². The molecule has 0 aromatic carbocycles. The van der Waals surface area contributed by atoms with Gasteiger partial charge in [-0.05, 0) is 12.8 Å². The molecule has 0 saturated heterocycles. The Kier molecular flexibility index (Phi) is 16.9. The Labute approximate surface area is 127 Å². The molecule has 4 nitrogen and oxygen atoms in total. The summed E-state index contributed by atoms with van der Waals surface area (Å²) in [6, 6.07) is 0. The second kappa shape index (κ2) is 11.8. The first-order chi connectivity index (χ1) is 5.57. The van der Waals surface area contributed by atoms with Gasteiger partial charge in [-0.2, -0.15) is 0 Å². The molecule has 0 N–H and O–H groups in total. The minimum atomic E-state index is -1.39. The van der Waals surface area contributed by atoms with Gasteiger partial charge in [-0.15, -0.1) is 0 Å². The van der Waals surface area contributed by atoms with Crippen molar-refractivity contribution < 1.29 is 78.9 Å². The molecule has 0 spiro atoms. The number of carboxylic acids is 2. The van der Waals surface area contributed by atoms with E-state index in [1.807, 2.05) is 6.92 Å². The van der Waals surface area contributed by atoms with Crippen LogP contribution in [0.2, 0.25) is 0 Å². The third kappa shape index (κ3) is 10.8. The Balaban J connectivity index is -0.000000605. The van der Waals surface area contributed by atoms with Crippen LogP contribution in [0.3, 0.4) is 0 Å². The Hall–Kier alpha value is 0.680. The van der Waals surface area contributed by atoms with E-state index in [1.165, 1.54) is 6.08 Å². The van der Waals surface area contributed by atoms with Crippen molar-refractivity contribution in [1.82, 2.24) is 0 Å². The SMILES string of the molecule is CCC=CC(CC(=O)[O-])C(=O)[O-].[Na+].[Na+]. The average Bonchev–Trinajstić information content (AvgIpc) is 1.96. The predicted octanol–water partition coefficient (Wildman–Crippen LogP) is -7.53. The van der Waals surface area contributed by atoms with Crippen LogP contribution in [0.15, 0.2) is 12.2 Å². The summed E-state index contributed by atoms with van der Waals surface area (Å²) in [4.78, 5) is 20.3. The van der Waals surface area contributed by atoms with Crippen LogP contribution in [0, 0.1) is 5.92 Å². The van der Waals surface area contributed by atoms with E-state index in [0.717, 1.165) is 0 Å². The molecule has 6 heteroatoms. The first kappa shape index (κ1) is 20.1. The molecule has 14 heavy (non-hydrogen) atoms. The van der Waals surface area contributed by atoms with E-state index in [2.05, 4.69) is 0 Å². The summed E-state index contributed by atoms with van der Waals surface area (Å²) < 4.78 is 0. The van der Waals surface area contributed by atoms with Crippen LogP contribution in [-0.4, -0.2) is 11.9 Å². The van der Waals surface area contributed by atoms with Crippen molar-refractivity contribution in [3.8, 4) is 0 Å². The summed E-state index contributed by atoms with van der Waals surface area (Å²) >= 11 is 0. The van der Waals surface area contributed by atoms with Crippen molar-refractivity contribution in [2.75, 3.05) is 0 Å². The molecule has 68 valence electrons. The molecule has 0 fully saturated rings. The van der Waals surface area contributed by atoms with E-state index in [1.54, 1.807) is 6.08 Å². The van der Waals surface area contributed by atoms with Gasteiger partial charge < -0.3 is 19.8 Å². The summed E-state index contributed by atoms with van der Waals surface area (Å²) in [6.07, 6.45) is 3.03. The topological polar surface area (TPSA) is 80.3 Å². The molecule has 0 aromatic heterocycles. The van der Waals surface area contributed by atoms with Crippen LogP contribution < -0.4 is 69.3 Å². The fourth-order valence-corrected chi connectivity index (χ4v) is 0.710. The standard InChI is InChI=1S/C8H12O4.2Na/c1-2-3-4-6(8(11)12)5-7(9)10;;/h3-4,6H,2,5H2,1H3,(H,9,10)(H,11,12);;/q;2*+1/p-2. The first-order valence-corrected chi connectivity index (χ1v) is 3.65. The number of aliphatic carboxylic acids is 2. The summed E-state index contributed by atoms with van der Waals surface area (Å²) in [6.45, 7) is 1.82. The molecule has 1 unspecified atom stereocenters. The molecule has 0 rings (SSSR count). The minimum absolute atomic E-state index is 0. The Morgan fingerprint density at radius 1 is 1.29 bits per heavy atom. The molecule has 0 saturated carbocycles. The average molecular weight is 216 g/mol. The number of carbonyl (C=O) groups is 2. The van der Waals surface area contributed by atoms with Crippen LogP contribution in [0.25, 0.3) is 0 Å². The smallest absolute Gasteiger partial charge is 0.550 e. The molecule has 0 heterocycles. The van der Waals surface area contributed by atoms with E-state index in [9.17, 15) is 19.8 Å². The zero-order valence-corrected chi connectivity index (χ0v) is 12.8. The number of hydrogen-bond donors (Lipinski definition) is 0. The Bertz CT molecular complexity index is 204. The van der Waals surface area contributed by atoms with Gasteiger partial charge in [0.05, 0.1) is 0 Å². The van der Waals surface area contributed by atoms with Crippen molar-refractivity contribution in [1.29, 1.82) is 0 Å². The maximum atomic E-state index is 10.3. The van der Waals surface area contributed by atoms with Crippen molar-refractivity contribution in [3.05, 3.63) is 12.2 Å². The Morgan fingerprint density at radius 2 is 1.79 bits per heavy atom. The summed E-state index contributed by atoms with van der Waals surface area (Å²) in [5.41, 5.74) is 0. The quantitative estimate of drug-likeness (QED) is 0.338. The number of allylic oxidation sites excluding steroid dienone is 1. The van der Waals surface area contributed by atoms with Crippen LogP contribution in [0.1, 0.15) is 19.8 Å².